The zero-order valence-electron chi connectivity index (χ0n) is 9.56. The number of nitrogens with zero attached hydrogens (tertiary/aromatic N) is 1. The van der Waals surface area contributed by atoms with Crippen LogP contribution in [0.3, 0.4) is 0 Å². The number of hydrogen-bond acceptors (Lipinski definition) is 3. The summed E-state index contributed by atoms with van der Waals surface area (Å²) in [4.78, 5) is 13.5. The number of ether oxygens (including phenoxy) is 1. The first-order valence-corrected chi connectivity index (χ1v) is 5.44. The van der Waals surface area contributed by atoms with Gasteiger partial charge >= 0.3 is 0 Å². The molecule has 2 N–H and O–H groups in total. The van der Waals surface area contributed by atoms with Crippen LogP contribution in [0.4, 0.5) is 0 Å². The third-order valence-electron chi connectivity index (χ3n) is 2.76. The molecule has 0 aromatic heterocycles. The Hall–Kier alpha value is -0.580. The van der Waals surface area contributed by atoms with Gasteiger partial charge in [0, 0.05) is 13.1 Å². The van der Waals surface area contributed by atoms with Gasteiger partial charge in [0.15, 0.2) is 0 Å². The molecule has 1 heterocycles. The number of rotatable bonds is 5. The summed E-state index contributed by atoms with van der Waals surface area (Å²) >= 11 is 0. The van der Waals surface area contributed by atoms with Crippen molar-refractivity contribution < 1.29 is 9.53 Å². The molecule has 1 aliphatic rings. The minimum absolute atomic E-state index is 0. The fourth-order valence-electron chi connectivity index (χ4n) is 1.74. The lowest BCUT2D eigenvalue weighted by molar-refractivity contribution is -0.137. The van der Waals surface area contributed by atoms with Crippen molar-refractivity contribution in [3.8, 4) is 0 Å². The average Bonchev–Trinajstić information content (AvgIpc) is 2.29. The second kappa shape index (κ2) is 8.56. The van der Waals surface area contributed by atoms with Gasteiger partial charge in [0.2, 0.25) is 5.91 Å². The van der Waals surface area contributed by atoms with Crippen LogP contribution in [0.25, 0.3) is 0 Å². The number of amides is 1. The molecule has 0 radical (unpaired) electrons. The van der Waals surface area contributed by atoms with Crippen LogP contribution in [-0.2, 0) is 9.53 Å². The maximum atomic E-state index is 11.6. The van der Waals surface area contributed by atoms with Crippen LogP contribution in [0.2, 0.25) is 0 Å². The summed E-state index contributed by atoms with van der Waals surface area (Å²) in [6.07, 6.45) is 3.68. The van der Waals surface area contributed by atoms with Crippen LogP contribution >= 0.6 is 12.4 Å². The van der Waals surface area contributed by atoms with Crippen molar-refractivity contribution >= 4 is 18.3 Å². The van der Waals surface area contributed by atoms with Crippen LogP contribution in [-0.4, -0.2) is 43.7 Å². The molecule has 0 aromatic carbocycles. The number of likely N-dealkylation sites (tertiary alicyclic amines) is 1. The van der Waals surface area contributed by atoms with Crippen molar-refractivity contribution in [1.82, 2.24) is 4.90 Å². The van der Waals surface area contributed by atoms with E-state index >= 15 is 0 Å². The lowest BCUT2D eigenvalue weighted by Crippen LogP contribution is -2.41. The third-order valence-corrected chi connectivity index (χ3v) is 2.76. The van der Waals surface area contributed by atoms with Crippen molar-refractivity contribution in [1.29, 1.82) is 0 Å². The standard InChI is InChI=1S/C11H20N2O2.ClH/c1-2-7-15-9-11(14)13-5-3-10(8-12)4-6-13;/h2,10H,1,3-9,12H2;1H. The molecule has 94 valence electrons. The van der Waals surface area contributed by atoms with Gasteiger partial charge < -0.3 is 15.4 Å². The van der Waals surface area contributed by atoms with Crippen LogP contribution in [0.15, 0.2) is 12.7 Å². The van der Waals surface area contributed by atoms with Crippen LogP contribution in [0, 0.1) is 5.92 Å². The average molecular weight is 249 g/mol. The Kier molecular flexibility index (Phi) is 8.25. The number of halogens is 1. The number of nitrogens with two attached hydrogens (primary N) is 1. The molecule has 4 nitrogen and oxygen atoms in total. The Morgan fingerprint density at radius 2 is 2.12 bits per heavy atom. The van der Waals surface area contributed by atoms with Gasteiger partial charge in [0.05, 0.1) is 6.61 Å². The van der Waals surface area contributed by atoms with E-state index in [1.165, 1.54) is 0 Å². The minimum Gasteiger partial charge on any atom is -0.368 e. The van der Waals surface area contributed by atoms with E-state index in [1.54, 1.807) is 6.08 Å². The molecule has 0 bridgehead atoms. The van der Waals surface area contributed by atoms with Gasteiger partial charge in [0.1, 0.15) is 6.61 Å². The lowest BCUT2D eigenvalue weighted by Gasteiger charge is -2.31. The molecule has 1 amide bonds. The first kappa shape index (κ1) is 15.4. The van der Waals surface area contributed by atoms with Crippen LogP contribution in [0.1, 0.15) is 12.8 Å². The Balaban J connectivity index is 0.00000225. The molecule has 0 aromatic rings. The second-order valence-corrected chi connectivity index (χ2v) is 3.86. The zero-order chi connectivity index (χ0) is 11.1. The molecule has 0 unspecified atom stereocenters. The molecule has 16 heavy (non-hydrogen) atoms. The van der Waals surface area contributed by atoms with Gasteiger partial charge in [-0.15, -0.1) is 19.0 Å². The normalized spacial score (nSPS) is 16.7. The molecule has 1 saturated heterocycles. The quantitative estimate of drug-likeness (QED) is 0.579. The second-order valence-electron chi connectivity index (χ2n) is 3.86. The SMILES string of the molecule is C=CCOCC(=O)N1CCC(CN)CC1.Cl. The Morgan fingerprint density at radius 3 is 2.62 bits per heavy atom. The van der Waals surface area contributed by atoms with E-state index in [0.29, 0.717) is 12.5 Å². The molecule has 0 aliphatic carbocycles. The Bertz CT molecular complexity index is 216. The molecule has 1 rings (SSSR count). The van der Waals surface area contributed by atoms with Crippen molar-refractivity contribution in [2.45, 2.75) is 12.8 Å². The van der Waals surface area contributed by atoms with E-state index < -0.39 is 0 Å². The summed E-state index contributed by atoms with van der Waals surface area (Å²) in [6.45, 7) is 6.50. The van der Waals surface area contributed by atoms with Crippen LogP contribution in [0.5, 0.6) is 0 Å². The number of carbonyl (C=O) groups is 1. The van der Waals surface area contributed by atoms with Crippen molar-refractivity contribution in [2.75, 3.05) is 32.8 Å². The highest BCUT2D eigenvalue weighted by molar-refractivity contribution is 5.85. The molecule has 5 heteroatoms. The Morgan fingerprint density at radius 1 is 1.50 bits per heavy atom. The van der Waals surface area contributed by atoms with Gasteiger partial charge in [-0.2, -0.15) is 0 Å². The summed E-state index contributed by atoms with van der Waals surface area (Å²) in [7, 11) is 0. The van der Waals surface area contributed by atoms with Crippen molar-refractivity contribution in [3.63, 3.8) is 0 Å². The van der Waals surface area contributed by atoms with Gasteiger partial charge in [-0.05, 0) is 25.3 Å². The third kappa shape index (κ3) is 4.96. The first-order valence-electron chi connectivity index (χ1n) is 5.44. The molecular formula is C11H21ClN2O2. The highest BCUT2D eigenvalue weighted by atomic mass is 35.5. The fraction of sp³-hybridized carbons (Fsp3) is 0.727. The molecule has 1 fully saturated rings. The summed E-state index contributed by atoms with van der Waals surface area (Å²) in [6, 6.07) is 0. The van der Waals surface area contributed by atoms with Crippen molar-refractivity contribution in [2.24, 2.45) is 11.7 Å². The van der Waals surface area contributed by atoms with E-state index in [-0.39, 0.29) is 24.9 Å². The topological polar surface area (TPSA) is 55.6 Å². The van der Waals surface area contributed by atoms with E-state index in [2.05, 4.69) is 6.58 Å². The zero-order valence-corrected chi connectivity index (χ0v) is 10.4. The molecular weight excluding hydrogens is 228 g/mol. The van der Waals surface area contributed by atoms with Crippen molar-refractivity contribution in [3.05, 3.63) is 12.7 Å². The maximum absolute atomic E-state index is 11.6. The molecule has 0 atom stereocenters. The number of carbonyl (C=O) groups excluding carboxylic acids is 1. The summed E-state index contributed by atoms with van der Waals surface area (Å²) in [5, 5.41) is 0. The van der Waals surface area contributed by atoms with Gasteiger partial charge in [0.25, 0.3) is 0 Å². The van der Waals surface area contributed by atoms with E-state index in [9.17, 15) is 4.79 Å². The fourth-order valence-corrected chi connectivity index (χ4v) is 1.74. The highest BCUT2D eigenvalue weighted by Crippen LogP contribution is 2.15. The predicted molar refractivity (Wildman–Crippen MR) is 66.6 cm³/mol. The van der Waals surface area contributed by atoms with E-state index in [4.69, 9.17) is 10.5 Å². The first-order chi connectivity index (χ1) is 7.27. The minimum atomic E-state index is 0. The summed E-state index contributed by atoms with van der Waals surface area (Å²) < 4.78 is 5.12. The van der Waals surface area contributed by atoms with Crippen LogP contribution < -0.4 is 5.73 Å². The molecule has 1 aliphatic heterocycles. The predicted octanol–water partition coefficient (Wildman–Crippen LogP) is 0.808. The monoisotopic (exact) mass is 248 g/mol. The number of hydrogen-bond donors (Lipinski definition) is 1. The highest BCUT2D eigenvalue weighted by Gasteiger charge is 2.21. The van der Waals surface area contributed by atoms with E-state index in [0.717, 1.165) is 32.5 Å². The summed E-state index contributed by atoms with van der Waals surface area (Å²) in [5.74, 6) is 0.662. The molecule has 0 saturated carbocycles. The van der Waals surface area contributed by atoms with E-state index in [1.807, 2.05) is 4.90 Å². The maximum Gasteiger partial charge on any atom is 0.248 e. The van der Waals surface area contributed by atoms with Gasteiger partial charge in [-0.25, -0.2) is 0 Å². The summed E-state index contributed by atoms with van der Waals surface area (Å²) in [5.41, 5.74) is 5.58. The van der Waals surface area contributed by atoms with Gasteiger partial charge in [-0.1, -0.05) is 6.08 Å². The lowest BCUT2D eigenvalue weighted by atomic mass is 9.97. The number of piperidine rings is 1. The smallest absolute Gasteiger partial charge is 0.248 e. The van der Waals surface area contributed by atoms with Gasteiger partial charge in [-0.3, -0.25) is 4.79 Å². The Labute approximate surface area is 103 Å². The molecule has 0 spiro atoms. The largest absolute Gasteiger partial charge is 0.368 e.